The molecule has 3 nitrogen and oxygen atoms in total. The van der Waals surface area contributed by atoms with Crippen LogP contribution in [-0.2, 0) is 4.74 Å². The molecule has 0 fully saturated rings. The van der Waals surface area contributed by atoms with E-state index in [1.54, 1.807) is 0 Å². The molecule has 9 heteroatoms. The van der Waals surface area contributed by atoms with Crippen molar-refractivity contribution in [3.63, 3.8) is 0 Å². The number of carbonyl (C=O) groups excluding carboxylic acids is 1. The van der Waals surface area contributed by atoms with Crippen LogP contribution < -0.4 is 0 Å². The van der Waals surface area contributed by atoms with Crippen molar-refractivity contribution in [2.75, 3.05) is 7.11 Å². The number of methoxy groups -OCH3 is 1. The molecule has 1 rings (SSSR count). The van der Waals surface area contributed by atoms with E-state index in [0.717, 1.165) is 7.11 Å². The Morgan fingerprint density at radius 1 is 1.40 bits per heavy atom. The Morgan fingerprint density at radius 2 is 2.00 bits per heavy atom. The van der Waals surface area contributed by atoms with E-state index < -0.39 is 51.3 Å². The minimum Gasteiger partial charge on any atom is -0.465 e. The Kier molecular flexibility index (Phi) is 4.94. The van der Waals surface area contributed by atoms with Crippen LogP contribution in [0.25, 0.3) is 0 Å². The molecule has 0 saturated carbocycles. The van der Waals surface area contributed by atoms with Gasteiger partial charge in [-0.15, -0.1) is 0 Å². The molecule has 0 unspecified atom stereocenters. The topological polar surface area (TPSA) is 50.1 Å². The summed E-state index contributed by atoms with van der Waals surface area (Å²) >= 11 is -0.676. The van der Waals surface area contributed by atoms with Gasteiger partial charge >= 0.3 is 11.5 Å². The zero-order chi connectivity index (χ0) is 15.5. The van der Waals surface area contributed by atoms with Crippen LogP contribution in [0, 0.1) is 11.3 Å². The largest absolute Gasteiger partial charge is 0.465 e. The molecule has 0 spiro atoms. The van der Waals surface area contributed by atoms with E-state index in [2.05, 4.69) is 4.74 Å². The number of ether oxygens (including phenoxy) is 1. The van der Waals surface area contributed by atoms with Gasteiger partial charge in [0.15, 0.2) is 0 Å². The zero-order valence-corrected chi connectivity index (χ0v) is 10.6. The van der Waals surface area contributed by atoms with Crippen molar-refractivity contribution >= 4 is 17.7 Å². The fourth-order valence-electron chi connectivity index (χ4n) is 1.35. The van der Waals surface area contributed by atoms with Crippen molar-refractivity contribution in [3.05, 3.63) is 28.8 Å². The van der Waals surface area contributed by atoms with E-state index in [1.807, 2.05) is 0 Å². The summed E-state index contributed by atoms with van der Waals surface area (Å²) in [6, 6.07) is 2.52. The highest BCUT2D eigenvalue weighted by atomic mass is 32.2. The normalized spacial score (nSPS) is 11.3. The number of hydrogen-bond donors (Lipinski definition) is 0. The average molecular weight is 311 g/mol. The maximum atomic E-state index is 12.7. The van der Waals surface area contributed by atoms with Crippen LogP contribution in [0.5, 0.6) is 0 Å². The molecule has 108 valence electrons. The predicted molar refractivity (Wildman–Crippen MR) is 59.4 cm³/mol. The van der Waals surface area contributed by atoms with Crippen LogP contribution in [0.3, 0.4) is 0 Å². The summed E-state index contributed by atoms with van der Waals surface area (Å²) in [6.45, 7) is 0. The minimum atomic E-state index is -4.73. The molecule has 0 atom stereocenters. The van der Waals surface area contributed by atoms with Gasteiger partial charge in [0.1, 0.15) is 0 Å². The van der Waals surface area contributed by atoms with Crippen LogP contribution >= 0.6 is 11.8 Å². The number of benzene rings is 1. The van der Waals surface area contributed by atoms with Gasteiger partial charge in [0, 0.05) is 10.5 Å². The fraction of sp³-hybridized carbons (Fsp3) is 0.273. The van der Waals surface area contributed by atoms with Gasteiger partial charge < -0.3 is 4.74 Å². The molecule has 0 N–H and O–H groups in total. The number of carbonyl (C=O) groups is 1. The van der Waals surface area contributed by atoms with Gasteiger partial charge in [0.05, 0.1) is 24.3 Å². The third-order valence-corrected chi connectivity index (χ3v) is 2.93. The lowest BCUT2D eigenvalue weighted by atomic mass is 10.0. The summed E-state index contributed by atoms with van der Waals surface area (Å²) in [5.74, 6) is -1.19. The number of alkyl halides is 5. The van der Waals surface area contributed by atoms with Gasteiger partial charge in [-0.1, -0.05) is 0 Å². The molecule has 1 aromatic carbocycles. The van der Waals surface area contributed by atoms with Gasteiger partial charge in [0.2, 0.25) is 0 Å². The Labute approximate surface area is 114 Å². The molecule has 0 aliphatic rings. The quantitative estimate of drug-likeness (QED) is 0.483. The molecule has 20 heavy (non-hydrogen) atoms. The van der Waals surface area contributed by atoms with Gasteiger partial charge in [-0.05, 0) is 23.9 Å². The Morgan fingerprint density at radius 3 is 2.40 bits per heavy atom. The van der Waals surface area contributed by atoms with Crippen LogP contribution in [-0.4, -0.2) is 18.6 Å². The lowest BCUT2D eigenvalue weighted by Gasteiger charge is -2.12. The lowest BCUT2D eigenvalue weighted by molar-refractivity contribution is -0.0328. The molecular formula is C11H6F5NO2S. The Balaban J connectivity index is 3.48. The highest BCUT2D eigenvalue weighted by Crippen LogP contribution is 2.40. The lowest BCUT2D eigenvalue weighted by Crippen LogP contribution is -2.09. The first-order valence-electron chi connectivity index (χ1n) is 4.90. The minimum absolute atomic E-state index is 0.545. The van der Waals surface area contributed by atoms with E-state index >= 15 is 0 Å². The van der Waals surface area contributed by atoms with Crippen molar-refractivity contribution < 1.29 is 31.5 Å². The van der Waals surface area contributed by atoms with Crippen LogP contribution in [0.15, 0.2) is 17.0 Å². The highest BCUT2D eigenvalue weighted by molar-refractivity contribution is 8.00. The van der Waals surface area contributed by atoms with Crippen LogP contribution in [0.2, 0.25) is 0 Å². The third kappa shape index (κ3) is 3.84. The molecule has 0 radical (unpaired) electrons. The number of esters is 1. The summed E-state index contributed by atoms with van der Waals surface area (Å²) < 4.78 is 66.7. The summed E-state index contributed by atoms with van der Waals surface area (Å²) in [4.78, 5) is 10.7. The van der Waals surface area contributed by atoms with E-state index in [9.17, 15) is 26.7 Å². The zero-order valence-electron chi connectivity index (χ0n) is 9.79. The smallest absolute Gasteiger partial charge is 0.446 e. The van der Waals surface area contributed by atoms with E-state index in [-0.39, 0.29) is 0 Å². The number of nitriles is 1. The number of hydrogen-bond acceptors (Lipinski definition) is 4. The number of rotatable bonds is 3. The monoisotopic (exact) mass is 311 g/mol. The van der Waals surface area contributed by atoms with Crippen molar-refractivity contribution in [2.45, 2.75) is 16.8 Å². The Bertz CT molecular complexity index is 565. The second-order valence-corrected chi connectivity index (χ2v) is 4.49. The van der Waals surface area contributed by atoms with Gasteiger partial charge in [-0.25, -0.2) is 13.6 Å². The molecular weight excluding hydrogens is 305 g/mol. The summed E-state index contributed by atoms with van der Waals surface area (Å²) in [7, 11) is 0.907. The SMILES string of the molecule is COC(=O)c1cc(C(F)F)c(C#N)cc1SC(F)(F)F. The number of thioether (sulfide) groups is 1. The number of nitrogens with zero attached hydrogens (tertiary/aromatic N) is 1. The summed E-state index contributed by atoms with van der Waals surface area (Å²) in [6.07, 6.45) is -3.10. The van der Waals surface area contributed by atoms with Gasteiger partial charge in [-0.3, -0.25) is 0 Å². The highest BCUT2D eigenvalue weighted by Gasteiger charge is 2.33. The fourth-order valence-corrected chi connectivity index (χ4v) is 2.03. The maximum Gasteiger partial charge on any atom is 0.446 e. The van der Waals surface area contributed by atoms with Crippen molar-refractivity contribution in [2.24, 2.45) is 0 Å². The molecule has 0 aliphatic heterocycles. The average Bonchev–Trinajstić information content (AvgIpc) is 2.35. The summed E-state index contributed by atoms with van der Waals surface area (Å²) in [5.41, 5.74) is -6.84. The Hall–Kier alpha value is -1.82. The second-order valence-electron chi connectivity index (χ2n) is 3.39. The molecule has 1 aromatic rings. The first-order chi connectivity index (χ1) is 9.19. The maximum absolute atomic E-state index is 12.7. The van der Waals surface area contributed by atoms with E-state index in [1.165, 1.54) is 6.07 Å². The molecule has 0 aromatic heterocycles. The first-order valence-corrected chi connectivity index (χ1v) is 5.71. The van der Waals surface area contributed by atoms with Crippen molar-refractivity contribution in [1.82, 2.24) is 0 Å². The van der Waals surface area contributed by atoms with Crippen molar-refractivity contribution in [3.8, 4) is 6.07 Å². The number of halogens is 5. The molecule has 0 heterocycles. The van der Waals surface area contributed by atoms with Gasteiger partial charge in [0.25, 0.3) is 6.43 Å². The standard InChI is InChI=1S/C11H6F5NO2S/c1-19-10(18)7-3-6(9(12)13)5(4-17)2-8(7)20-11(14,15)16/h2-3,9H,1H3. The van der Waals surface area contributed by atoms with E-state index in [0.29, 0.717) is 12.1 Å². The third-order valence-electron chi connectivity index (χ3n) is 2.14. The van der Waals surface area contributed by atoms with Crippen molar-refractivity contribution in [1.29, 1.82) is 5.26 Å². The predicted octanol–water partition coefficient (Wildman–Crippen LogP) is 3.89. The molecule has 0 saturated heterocycles. The van der Waals surface area contributed by atoms with Gasteiger partial charge in [-0.2, -0.15) is 18.4 Å². The molecule has 0 aliphatic carbocycles. The summed E-state index contributed by atoms with van der Waals surface area (Å²) in [5, 5.41) is 8.69. The van der Waals surface area contributed by atoms with Crippen LogP contribution in [0.1, 0.15) is 27.9 Å². The van der Waals surface area contributed by atoms with Crippen LogP contribution in [0.4, 0.5) is 22.0 Å². The molecule has 0 bridgehead atoms. The van der Waals surface area contributed by atoms with E-state index in [4.69, 9.17) is 5.26 Å². The molecule has 0 amide bonds. The first kappa shape index (κ1) is 16.2. The second kappa shape index (κ2) is 6.09.